The van der Waals surface area contributed by atoms with Crippen LogP contribution in [0.15, 0.2) is 54.6 Å². The molecule has 0 saturated heterocycles. The van der Waals surface area contributed by atoms with Crippen LogP contribution in [0.3, 0.4) is 0 Å². The molecule has 0 aliphatic carbocycles. The van der Waals surface area contributed by atoms with E-state index in [-0.39, 0.29) is 5.78 Å². The first-order valence-corrected chi connectivity index (χ1v) is 7.03. The van der Waals surface area contributed by atoms with E-state index in [1.165, 1.54) is 11.1 Å². The second kappa shape index (κ2) is 7.01. The molecule has 0 heterocycles. The zero-order valence-electron chi connectivity index (χ0n) is 12.2. The van der Waals surface area contributed by atoms with Crippen LogP contribution < -0.4 is 0 Å². The molecular formula is C18H21NO. The Labute approximate surface area is 121 Å². The van der Waals surface area contributed by atoms with Crippen LogP contribution in [0.1, 0.15) is 28.4 Å². The van der Waals surface area contributed by atoms with Crippen molar-refractivity contribution in [1.82, 2.24) is 4.90 Å². The minimum absolute atomic E-state index is 0.166. The largest absolute Gasteiger partial charge is 0.295 e. The molecule has 2 nitrogen and oxygen atoms in total. The molecule has 0 saturated carbocycles. The van der Waals surface area contributed by atoms with E-state index in [0.29, 0.717) is 6.54 Å². The summed E-state index contributed by atoms with van der Waals surface area (Å²) in [6.45, 7) is 3.40. The topological polar surface area (TPSA) is 20.3 Å². The quantitative estimate of drug-likeness (QED) is 0.746. The number of hydrogen-bond donors (Lipinski definition) is 0. The molecule has 20 heavy (non-hydrogen) atoms. The lowest BCUT2D eigenvalue weighted by Gasteiger charge is -2.16. The van der Waals surface area contributed by atoms with E-state index in [2.05, 4.69) is 36.1 Å². The Morgan fingerprint density at radius 3 is 2.40 bits per heavy atom. The maximum absolute atomic E-state index is 12.1. The minimum Gasteiger partial charge on any atom is -0.295 e. The van der Waals surface area contributed by atoms with Gasteiger partial charge in [-0.05, 0) is 24.6 Å². The van der Waals surface area contributed by atoms with Crippen molar-refractivity contribution in [2.45, 2.75) is 19.9 Å². The number of Topliss-reactive ketones (excluding diaryl/α,β-unsaturated/α-hetero) is 1. The lowest BCUT2D eigenvalue weighted by Crippen LogP contribution is -2.25. The lowest BCUT2D eigenvalue weighted by atomic mass is 10.1. The zero-order chi connectivity index (χ0) is 14.4. The Morgan fingerprint density at radius 1 is 1.00 bits per heavy atom. The van der Waals surface area contributed by atoms with Crippen molar-refractivity contribution in [3.05, 3.63) is 71.3 Å². The molecule has 0 amide bonds. The average Bonchev–Trinajstić information content (AvgIpc) is 2.48. The predicted octanol–water partition coefficient (Wildman–Crippen LogP) is 3.56. The number of likely N-dealkylation sites (N-methyl/N-ethyl adjacent to an activating group) is 1. The summed E-state index contributed by atoms with van der Waals surface area (Å²) in [6, 6.07) is 18.0. The van der Waals surface area contributed by atoms with Crippen molar-refractivity contribution in [2.75, 3.05) is 13.6 Å². The van der Waals surface area contributed by atoms with Gasteiger partial charge < -0.3 is 0 Å². The molecule has 2 heteroatoms. The summed E-state index contributed by atoms with van der Waals surface area (Å²) < 4.78 is 0. The van der Waals surface area contributed by atoms with E-state index in [1.54, 1.807) is 0 Å². The van der Waals surface area contributed by atoms with Crippen LogP contribution in [0, 0.1) is 0 Å². The first-order chi connectivity index (χ1) is 9.69. The van der Waals surface area contributed by atoms with Gasteiger partial charge in [-0.1, -0.05) is 61.5 Å². The third-order valence-corrected chi connectivity index (χ3v) is 3.36. The van der Waals surface area contributed by atoms with Gasteiger partial charge in [-0.25, -0.2) is 0 Å². The fraction of sp³-hybridized carbons (Fsp3) is 0.278. The summed E-state index contributed by atoms with van der Waals surface area (Å²) in [6.07, 6.45) is 1.04. The van der Waals surface area contributed by atoms with Crippen LogP contribution >= 0.6 is 0 Å². The number of rotatable bonds is 6. The van der Waals surface area contributed by atoms with Crippen molar-refractivity contribution in [3.63, 3.8) is 0 Å². The summed E-state index contributed by atoms with van der Waals surface area (Å²) in [5.41, 5.74) is 3.37. The molecule has 0 bridgehead atoms. The number of carbonyl (C=O) groups is 1. The summed E-state index contributed by atoms with van der Waals surface area (Å²) in [4.78, 5) is 14.2. The normalized spacial score (nSPS) is 10.8. The predicted molar refractivity (Wildman–Crippen MR) is 82.9 cm³/mol. The summed E-state index contributed by atoms with van der Waals surface area (Å²) in [5, 5.41) is 0. The molecule has 0 aliphatic heterocycles. The van der Waals surface area contributed by atoms with Crippen LogP contribution in [0.2, 0.25) is 0 Å². The molecule has 104 valence electrons. The number of benzene rings is 2. The molecule has 2 aromatic rings. The summed E-state index contributed by atoms with van der Waals surface area (Å²) in [5.74, 6) is 0.166. The maximum atomic E-state index is 12.1. The van der Waals surface area contributed by atoms with Crippen LogP contribution in [0.5, 0.6) is 0 Å². The number of ketones is 1. The van der Waals surface area contributed by atoms with E-state index in [1.807, 2.05) is 37.4 Å². The second-order valence-electron chi connectivity index (χ2n) is 5.13. The molecule has 0 aliphatic rings. The Morgan fingerprint density at radius 2 is 1.70 bits per heavy atom. The summed E-state index contributed by atoms with van der Waals surface area (Å²) in [7, 11) is 1.99. The van der Waals surface area contributed by atoms with Crippen molar-refractivity contribution < 1.29 is 4.79 Å². The average molecular weight is 267 g/mol. The third kappa shape index (κ3) is 4.04. The second-order valence-corrected chi connectivity index (χ2v) is 5.13. The molecule has 0 fully saturated rings. The Kier molecular flexibility index (Phi) is 5.08. The number of aryl methyl sites for hydroxylation is 1. The lowest BCUT2D eigenvalue weighted by molar-refractivity contribution is 0.0943. The van der Waals surface area contributed by atoms with Gasteiger partial charge in [0.2, 0.25) is 0 Å². The fourth-order valence-corrected chi connectivity index (χ4v) is 2.28. The van der Waals surface area contributed by atoms with Crippen LogP contribution in [-0.2, 0) is 13.0 Å². The van der Waals surface area contributed by atoms with Crippen molar-refractivity contribution >= 4 is 5.78 Å². The van der Waals surface area contributed by atoms with Crippen LogP contribution in [-0.4, -0.2) is 24.3 Å². The van der Waals surface area contributed by atoms with E-state index in [4.69, 9.17) is 0 Å². The molecule has 0 unspecified atom stereocenters. The van der Waals surface area contributed by atoms with Gasteiger partial charge in [-0.3, -0.25) is 9.69 Å². The van der Waals surface area contributed by atoms with Gasteiger partial charge in [0.15, 0.2) is 5.78 Å². The number of nitrogens with zero attached hydrogens (tertiary/aromatic N) is 1. The van der Waals surface area contributed by atoms with Crippen molar-refractivity contribution in [1.29, 1.82) is 0 Å². The Hall–Kier alpha value is -1.93. The fourth-order valence-electron chi connectivity index (χ4n) is 2.28. The van der Waals surface area contributed by atoms with Gasteiger partial charge in [-0.15, -0.1) is 0 Å². The first kappa shape index (κ1) is 14.5. The number of carbonyl (C=O) groups excluding carboxylic acids is 1. The molecule has 0 atom stereocenters. The van der Waals surface area contributed by atoms with Crippen LogP contribution in [0.25, 0.3) is 0 Å². The molecule has 2 rings (SSSR count). The molecule has 0 radical (unpaired) electrons. The van der Waals surface area contributed by atoms with Gasteiger partial charge in [-0.2, -0.15) is 0 Å². The van der Waals surface area contributed by atoms with E-state index in [9.17, 15) is 4.79 Å². The zero-order valence-corrected chi connectivity index (χ0v) is 12.2. The smallest absolute Gasteiger partial charge is 0.176 e. The van der Waals surface area contributed by atoms with Gasteiger partial charge in [0, 0.05) is 12.1 Å². The van der Waals surface area contributed by atoms with Gasteiger partial charge in [0.1, 0.15) is 0 Å². The molecule has 2 aromatic carbocycles. The number of hydrogen-bond acceptors (Lipinski definition) is 2. The van der Waals surface area contributed by atoms with E-state index >= 15 is 0 Å². The molecule has 0 aromatic heterocycles. The van der Waals surface area contributed by atoms with Gasteiger partial charge in [0.05, 0.1) is 6.54 Å². The highest BCUT2D eigenvalue weighted by molar-refractivity contribution is 5.97. The highest BCUT2D eigenvalue weighted by atomic mass is 16.1. The van der Waals surface area contributed by atoms with Crippen molar-refractivity contribution in [3.8, 4) is 0 Å². The summed E-state index contributed by atoms with van der Waals surface area (Å²) >= 11 is 0. The van der Waals surface area contributed by atoms with Gasteiger partial charge >= 0.3 is 0 Å². The molecule has 0 N–H and O–H groups in total. The van der Waals surface area contributed by atoms with E-state index in [0.717, 1.165) is 18.5 Å². The van der Waals surface area contributed by atoms with E-state index < -0.39 is 0 Å². The third-order valence-electron chi connectivity index (χ3n) is 3.36. The molecular weight excluding hydrogens is 246 g/mol. The monoisotopic (exact) mass is 267 g/mol. The SMILES string of the molecule is CCc1cccc(CN(C)CC(=O)c2ccccc2)c1. The highest BCUT2D eigenvalue weighted by Gasteiger charge is 2.09. The van der Waals surface area contributed by atoms with Gasteiger partial charge in [0.25, 0.3) is 0 Å². The molecule has 0 spiro atoms. The highest BCUT2D eigenvalue weighted by Crippen LogP contribution is 2.09. The van der Waals surface area contributed by atoms with Crippen molar-refractivity contribution in [2.24, 2.45) is 0 Å². The Bertz CT molecular complexity index is 563. The first-order valence-electron chi connectivity index (χ1n) is 7.03. The minimum atomic E-state index is 0.166. The standard InChI is InChI=1S/C18H21NO/c1-3-15-8-7-9-16(12-15)13-19(2)14-18(20)17-10-5-4-6-11-17/h4-12H,3,13-14H2,1-2H3. The maximum Gasteiger partial charge on any atom is 0.176 e. The van der Waals surface area contributed by atoms with Crippen LogP contribution in [0.4, 0.5) is 0 Å². The Balaban J connectivity index is 1.95.